The molecule has 0 aromatic carbocycles. The molecule has 0 atom stereocenters. The van der Waals surface area contributed by atoms with Gasteiger partial charge in [0.2, 0.25) is 0 Å². The summed E-state index contributed by atoms with van der Waals surface area (Å²) in [6, 6.07) is 0. The zero-order chi connectivity index (χ0) is 0. The van der Waals surface area contributed by atoms with Crippen LogP contribution in [-0.2, 0) is 0 Å². The van der Waals surface area contributed by atoms with Crippen LogP contribution in [0.25, 0.3) is 0 Å². The van der Waals surface area contributed by atoms with Crippen LogP contribution in [0.3, 0.4) is 0 Å². The van der Waals surface area contributed by atoms with Crippen LogP contribution in [0, 0.1) is 0 Å². The van der Waals surface area contributed by atoms with Gasteiger partial charge in [0, 0.05) is 0 Å². The lowest BCUT2D eigenvalue weighted by molar-refractivity contribution is 0.823. The van der Waals surface area contributed by atoms with Gasteiger partial charge in [-0.1, -0.05) is 0 Å². The molecule has 0 aliphatic heterocycles. The number of rotatable bonds is 0. The highest BCUT2D eigenvalue weighted by Crippen LogP contribution is -0.286. The van der Waals surface area contributed by atoms with E-state index in [0.717, 1.165) is 0 Å². The van der Waals surface area contributed by atoms with Crippen LogP contribution in [0.15, 0.2) is 0 Å². The maximum Gasteiger partial charge on any atom is -0.412 e. The minimum atomic E-state index is 0. The predicted molar refractivity (Wildman–Crippen MR) is 14.5 cm³/mol. The zero-order valence-corrected chi connectivity index (χ0v) is 2.00. The van der Waals surface area contributed by atoms with Gasteiger partial charge in [-0.2, -0.15) is 0 Å². The summed E-state index contributed by atoms with van der Waals surface area (Å²) >= 11 is 0. The van der Waals surface area contributed by atoms with Crippen LogP contribution in [0.2, 0.25) is 0 Å². The summed E-state index contributed by atoms with van der Waals surface area (Å²) in [4.78, 5) is 0. The third-order valence-corrected chi connectivity index (χ3v) is 0. The molecule has 0 aliphatic carbocycles. The monoisotopic (exact) mass is 72.0 g/mol. The first-order valence-corrected chi connectivity index (χ1v) is 0. The highest BCUT2D eigenvalue weighted by Gasteiger charge is -0.409. The van der Waals surface area contributed by atoms with Crippen molar-refractivity contribution in [1.29, 1.82) is 0 Å². The van der Waals surface area contributed by atoms with Gasteiger partial charge in [0.05, 0.1) is 0 Å². The van der Waals surface area contributed by atoms with Crippen molar-refractivity contribution in [2.75, 3.05) is 0 Å². The van der Waals surface area contributed by atoms with Crippen LogP contribution < -0.4 is 0 Å². The second kappa shape index (κ2) is 376. The van der Waals surface area contributed by atoms with E-state index in [0.29, 0.717) is 0 Å². The summed E-state index contributed by atoms with van der Waals surface area (Å²) in [5, 5.41) is 0. The van der Waals surface area contributed by atoms with Crippen LogP contribution in [-0.4, -0.2) is 21.9 Å². The Labute approximate surface area is 23.3 Å². The molecule has 0 radical (unpaired) electrons. The van der Waals surface area contributed by atoms with E-state index in [-0.39, 0.29) is 21.9 Å². The molecule has 0 rings (SSSR count). The van der Waals surface area contributed by atoms with Crippen molar-refractivity contribution in [1.82, 2.24) is 0 Å². The summed E-state index contributed by atoms with van der Waals surface area (Å²) in [5.74, 6) is 0. The largest absolute Gasteiger partial charge is 0.412 e. The van der Waals surface area contributed by atoms with Gasteiger partial charge in [-0.05, 0) is 0 Å². The fourth-order valence-corrected chi connectivity index (χ4v) is 0. The lowest BCUT2D eigenvalue weighted by atomic mass is 16.0. The van der Waals surface area contributed by atoms with E-state index in [1.165, 1.54) is 0 Å². The average Bonchev–Trinajstić information content (AvgIpc) is 0. The van der Waals surface area contributed by atoms with Crippen LogP contribution >= 0.6 is 0 Å². The van der Waals surface area contributed by atoms with Gasteiger partial charge in [0.15, 0.2) is 0 Å². The van der Waals surface area contributed by atoms with Crippen molar-refractivity contribution < 1.29 is 21.9 Å². The Morgan fingerprint density at radius 1 is 0.250 bits per heavy atom. The van der Waals surface area contributed by atoms with Crippen LogP contribution in [0.4, 0.5) is 0 Å². The Kier molecular flexibility index (Phi) is 114000. The Morgan fingerprint density at radius 3 is 0.250 bits per heavy atom. The molecular weight excluding hydrogens is 64.0 g/mol. The molecule has 4 nitrogen and oxygen atoms in total. The van der Waals surface area contributed by atoms with Crippen molar-refractivity contribution in [2.24, 2.45) is 0 Å². The third-order valence-electron chi connectivity index (χ3n) is 0. The average molecular weight is 72.1 g/mol. The summed E-state index contributed by atoms with van der Waals surface area (Å²) in [6.45, 7) is 0. The minimum absolute atomic E-state index is 0. The second-order valence-electron chi connectivity index (χ2n) is 0. The summed E-state index contributed by atoms with van der Waals surface area (Å²) < 4.78 is 0. The smallest absolute Gasteiger partial charge is 0.412 e. The molecule has 0 saturated heterocycles. The molecule has 0 amide bonds. The van der Waals surface area contributed by atoms with Crippen molar-refractivity contribution in [3.63, 3.8) is 0 Å². The molecule has 0 bridgehead atoms. The Morgan fingerprint density at radius 2 is 0.250 bits per heavy atom. The maximum absolute atomic E-state index is 0. The Bertz CT molecular complexity index is 0. The second-order valence-corrected chi connectivity index (χ2v) is 0. The molecule has 0 spiro atoms. The summed E-state index contributed by atoms with van der Waals surface area (Å²) in [7, 11) is 0. The molecule has 4 heteroatoms. The van der Waals surface area contributed by atoms with Gasteiger partial charge in [0.25, 0.3) is 0 Å². The van der Waals surface area contributed by atoms with Gasteiger partial charge < -0.3 is 21.9 Å². The van der Waals surface area contributed by atoms with E-state index in [1.54, 1.807) is 0 Å². The number of hydrogen-bond donors (Lipinski definition) is 0. The van der Waals surface area contributed by atoms with Gasteiger partial charge in [-0.25, -0.2) is 0 Å². The summed E-state index contributed by atoms with van der Waals surface area (Å²) in [6.07, 6.45) is 0. The first-order chi connectivity index (χ1) is 0. The van der Waals surface area contributed by atoms with Gasteiger partial charge in [-0.3, -0.25) is 0 Å². The van der Waals surface area contributed by atoms with Crippen molar-refractivity contribution in [3.05, 3.63) is 0 Å². The van der Waals surface area contributed by atoms with Gasteiger partial charge in [0.1, 0.15) is 0 Å². The van der Waals surface area contributed by atoms with Gasteiger partial charge in [-0.15, -0.1) is 0 Å². The molecule has 0 aromatic heterocycles. The predicted octanol–water partition coefficient (Wildman–Crippen LogP) is -3.30. The Balaban J connectivity index is 0. The molecule has 0 aliphatic rings. The van der Waals surface area contributed by atoms with E-state index in [2.05, 4.69) is 0 Å². The highest BCUT2D eigenvalue weighted by atomic mass is 16.0. The van der Waals surface area contributed by atoms with Crippen molar-refractivity contribution >= 4 is 0 Å². The molecule has 0 heterocycles. The highest BCUT2D eigenvalue weighted by molar-refractivity contribution is 0.827. The molecular formula is H8O4. The topological polar surface area (TPSA) is 126 Å². The molecule has 32 valence electrons. The van der Waals surface area contributed by atoms with E-state index in [1.807, 2.05) is 0 Å². The fourth-order valence-electron chi connectivity index (χ4n) is 0. The quantitative estimate of drug-likeness (QED) is 0.284. The third kappa shape index (κ3) is 50.7. The van der Waals surface area contributed by atoms with Crippen LogP contribution in [0.1, 0.15) is 0 Å². The first-order valence-electron chi connectivity index (χ1n) is 0. The molecule has 0 fully saturated rings. The maximum atomic E-state index is 0. The van der Waals surface area contributed by atoms with Crippen molar-refractivity contribution in [2.45, 2.75) is 0 Å². The lowest BCUT2D eigenvalue weighted by Crippen LogP contribution is -0.290. The molecule has 0 unspecified atom stereocenters. The SMILES string of the molecule is O.O.O.O. The fraction of sp³-hybridized carbons (Fsp3) is 0. The molecule has 8 N–H and O–H groups in total. The lowest BCUT2D eigenvalue weighted by Gasteiger charge is -0.413. The molecule has 0 saturated carbocycles. The summed E-state index contributed by atoms with van der Waals surface area (Å²) in [5.41, 5.74) is 0. The standard InChI is InChI=1S/4H2O/h4*1H2. The Hall–Kier alpha value is -0.160. The van der Waals surface area contributed by atoms with Crippen LogP contribution in [0.5, 0.6) is 0 Å². The normalized spacial score (nSPS) is 0. The molecule has 0 aromatic rings. The van der Waals surface area contributed by atoms with E-state index in [4.69, 9.17) is 0 Å². The van der Waals surface area contributed by atoms with E-state index >= 15 is 0 Å². The molecule has 4 heavy (non-hydrogen) atoms. The van der Waals surface area contributed by atoms with Gasteiger partial charge >= 0.3 is 0 Å². The zero-order valence-electron chi connectivity index (χ0n) is 2.00. The first kappa shape index (κ1) is 1210. The number of hydrogen-bond acceptors (Lipinski definition) is 0. The van der Waals surface area contributed by atoms with Crippen molar-refractivity contribution in [3.8, 4) is 0 Å². The van der Waals surface area contributed by atoms with E-state index in [9.17, 15) is 0 Å². The minimum Gasteiger partial charge on any atom is -0.412 e. The van der Waals surface area contributed by atoms with E-state index < -0.39 is 0 Å².